The van der Waals surface area contributed by atoms with Gasteiger partial charge >= 0.3 is 0 Å². The zero-order chi connectivity index (χ0) is 14.8. The molecule has 5 nitrogen and oxygen atoms in total. The van der Waals surface area contributed by atoms with E-state index in [0.717, 1.165) is 43.2 Å². The van der Waals surface area contributed by atoms with E-state index in [1.807, 2.05) is 0 Å². The summed E-state index contributed by atoms with van der Waals surface area (Å²) >= 11 is 0. The van der Waals surface area contributed by atoms with E-state index in [-0.39, 0.29) is 5.84 Å². The molecule has 2 heterocycles. The maximum atomic E-state index is 9.07. The SMILES string of the molecule is CCC1CCN(c2nc3c(cc2C(N)=NO)CCCC3)C1. The normalized spacial score (nSPS) is 22.4. The molecule has 1 saturated heterocycles. The van der Waals surface area contributed by atoms with Crippen LogP contribution in [-0.2, 0) is 12.8 Å². The number of nitrogens with zero attached hydrogens (tertiary/aromatic N) is 3. The van der Waals surface area contributed by atoms with Gasteiger partial charge in [0.25, 0.3) is 0 Å². The number of aromatic nitrogens is 1. The topological polar surface area (TPSA) is 74.7 Å². The van der Waals surface area contributed by atoms with Crippen LogP contribution in [0.1, 0.15) is 49.4 Å². The minimum Gasteiger partial charge on any atom is -0.409 e. The van der Waals surface area contributed by atoms with Crippen molar-refractivity contribution in [3.63, 3.8) is 0 Å². The van der Waals surface area contributed by atoms with Crippen LogP contribution in [0.5, 0.6) is 0 Å². The number of pyridine rings is 1. The van der Waals surface area contributed by atoms with Crippen molar-refractivity contribution in [2.75, 3.05) is 18.0 Å². The molecule has 1 atom stereocenters. The van der Waals surface area contributed by atoms with E-state index in [1.165, 1.54) is 36.9 Å². The highest BCUT2D eigenvalue weighted by molar-refractivity contribution is 6.01. The number of hydrogen-bond acceptors (Lipinski definition) is 4. The Morgan fingerprint density at radius 1 is 1.48 bits per heavy atom. The summed E-state index contributed by atoms with van der Waals surface area (Å²) in [6.45, 7) is 4.27. The van der Waals surface area contributed by atoms with E-state index < -0.39 is 0 Å². The largest absolute Gasteiger partial charge is 0.409 e. The second-order valence-corrected chi connectivity index (χ2v) is 6.17. The molecule has 1 aliphatic heterocycles. The first-order chi connectivity index (χ1) is 10.2. The van der Waals surface area contributed by atoms with Crippen LogP contribution >= 0.6 is 0 Å². The summed E-state index contributed by atoms with van der Waals surface area (Å²) in [5, 5.41) is 12.3. The number of hydrogen-bond donors (Lipinski definition) is 2. The maximum absolute atomic E-state index is 9.07. The molecule has 1 unspecified atom stereocenters. The smallest absolute Gasteiger partial charge is 0.173 e. The summed E-state index contributed by atoms with van der Waals surface area (Å²) in [6.07, 6.45) is 6.90. The van der Waals surface area contributed by atoms with Crippen molar-refractivity contribution in [1.82, 2.24) is 4.98 Å². The quantitative estimate of drug-likeness (QED) is 0.387. The lowest BCUT2D eigenvalue weighted by Gasteiger charge is -2.24. The fraction of sp³-hybridized carbons (Fsp3) is 0.625. The van der Waals surface area contributed by atoms with Crippen molar-refractivity contribution >= 4 is 11.7 Å². The van der Waals surface area contributed by atoms with Gasteiger partial charge in [0.15, 0.2) is 5.84 Å². The van der Waals surface area contributed by atoms with Crippen LogP contribution in [0.15, 0.2) is 11.2 Å². The lowest BCUT2D eigenvalue weighted by molar-refractivity contribution is 0.318. The summed E-state index contributed by atoms with van der Waals surface area (Å²) in [6, 6.07) is 2.09. The minimum atomic E-state index is 0.172. The van der Waals surface area contributed by atoms with Gasteiger partial charge in [-0.05, 0) is 49.7 Å². The molecular formula is C16H24N4O. The average molecular weight is 288 g/mol. The van der Waals surface area contributed by atoms with Gasteiger partial charge in [0.2, 0.25) is 0 Å². The van der Waals surface area contributed by atoms with Gasteiger partial charge in [0.05, 0.1) is 5.56 Å². The molecule has 1 aromatic rings. The summed E-state index contributed by atoms with van der Waals surface area (Å²) in [5.41, 5.74) is 9.14. The highest BCUT2D eigenvalue weighted by Gasteiger charge is 2.26. The predicted molar refractivity (Wildman–Crippen MR) is 84.0 cm³/mol. The van der Waals surface area contributed by atoms with Gasteiger partial charge in [-0.3, -0.25) is 0 Å². The Bertz CT molecular complexity index is 555. The lowest BCUT2D eigenvalue weighted by atomic mass is 9.94. The van der Waals surface area contributed by atoms with Gasteiger partial charge in [-0.25, -0.2) is 4.98 Å². The Balaban J connectivity index is 2.01. The molecule has 0 amide bonds. The summed E-state index contributed by atoms with van der Waals surface area (Å²) in [5.74, 6) is 1.80. The first kappa shape index (κ1) is 14.2. The van der Waals surface area contributed by atoms with Crippen molar-refractivity contribution in [2.24, 2.45) is 16.8 Å². The van der Waals surface area contributed by atoms with Crippen molar-refractivity contribution in [2.45, 2.75) is 45.4 Å². The number of amidine groups is 1. The molecule has 0 radical (unpaired) electrons. The summed E-state index contributed by atoms with van der Waals surface area (Å²) < 4.78 is 0. The van der Waals surface area contributed by atoms with Crippen LogP contribution in [0.25, 0.3) is 0 Å². The molecule has 1 aromatic heterocycles. The summed E-state index contributed by atoms with van der Waals surface area (Å²) in [4.78, 5) is 7.19. The molecule has 1 aliphatic carbocycles. The molecule has 3 rings (SSSR count). The second-order valence-electron chi connectivity index (χ2n) is 6.17. The van der Waals surface area contributed by atoms with Gasteiger partial charge in [-0.15, -0.1) is 0 Å². The Morgan fingerprint density at radius 3 is 3.00 bits per heavy atom. The number of oxime groups is 1. The third-order valence-corrected chi connectivity index (χ3v) is 4.83. The monoisotopic (exact) mass is 288 g/mol. The number of rotatable bonds is 3. The molecule has 5 heteroatoms. The first-order valence-corrected chi connectivity index (χ1v) is 7.98. The first-order valence-electron chi connectivity index (χ1n) is 7.98. The number of aryl methyl sites for hydroxylation is 2. The minimum absolute atomic E-state index is 0.172. The van der Waals surface area contributed by atoms with E-state index in [2.05, 4.69) is 23.0 Å². The van der Waals surface area contributed by atoms with E-state index in [0.29, 0.717) is 0 Å². The Labute approximate surface area is 125 Å². The Kier molecular flexibility index (Phi) is 3.99. The van der Waals surface area contributed by atoms with Crippen molar-refractivity contribution in [1.29, 1.82) is 0 Å². The van der Waals surface area contributed by atoms with Gasteiger partial charge in [-0.1, -0.05) is 18.5 Å². The highest BCUT2D eigenvalue weighted by atomic mass is 16.4. The van der Waals surface area contributed by atoms with Crippen molar-refractivity contribution in [3.8, 4) is 0 Å². The zero-order valence-electron chi connectivity index (χ0n) is 12.7. The van der Waals surface area contributed by atoms with Crippen LogP contribution in [0, 0.1) is 5.92 Å². The summed E-state index contributed by atoms with van der Waals surface area (Å²) in [7, 11) is 0. The van der Waals surface area contributed by atoms with E-state index >= 15 is 0 Å². The Morgan fingerprint density at radius 2 is 2.29 bits per heavy atom. The van der Waals surface area contributed by atoms with Crippen LogP contribution in [0.4, 0.5) is 5.82 Å². The van der Waals surface area contributed by atoms with E-state index in [1.54, 1.807) is 0 Å². The molecule has 114 valence electrons. The molecule has 3 N–H and O–H groups in total. The average Bonchev–Trinajstić information content (AvgIpc) is 3.01. The van der Waals surface area contributed by atoms with Crippen molar-refractivity contribution < 1.29 is 5.21 Å². The van der Waals surface area contributed by atoms with Gasteiger partial charge in [-0.2, -0.15) is 0 Å². The van der Waals surface area contributed by atoms with Gasteiger partial charge in [0.1, 0.15) is 5.82 Å². The predicted octanol–water partition coefficient (Wildman–Crippen LogP) is 2.29. The molecular weight excluding hydrogens is 264 g/mol. The van der Waals surface area contributed by atoms with Gasteiger partial charge < -0.3 is 15.8 Å². The van der Waals surface area contributed by atoms with E-state index in [4.69, 9.17) is 15.9 Å². The molecule has 21 heavy (non-hydrogen) atoms. The number of nitrogens with two attached hydrogens (primary N) is 1. The fourth-order valence-electron chi connectivity index (χ4n) is 3.46. The third-order valence-electron chi connectivity index (χ3n) is 4.83. The second kappa shape index (κ2) is 5.92. The third kappa shape index (κ3) is 2.69. The molecule has 1 fully saturated rings. The molecule has 0 saturated carbocycles. The highest BCUT2D eigenvalue weighted by Crippen LogP contribution is 2.30. The zero-order valence-corrected chi connectivity index (χ0v) is 12.7. The molecule has 0 bridgehead atoms. The molecule has 0 aromatic carbocycles. The molecule has 2 aliphatic rings. The van der Waals surface area contributed by atoms with Crippen LogP contribution < -0.4 is 10.6 Å². The fourth-order valence-corrected chi connectivity index (χ4v) is 3.46. The Hall–Kier alpha value is -1.78. The number of anilines is 1. The maximum Gasteiger partial charge on any atom is 0.173 e. The van der Waals surface area contributed by atoms with Crippen LogP contribution in [0.3, 0.4) is 0 Å². The van der Waals surface area contributed by atoms with Crippen LogP contribution in [0.2, 0.25) is 0 Å². The lowest BCUT2D eigenvalue weighted by Crippen LogP contribution is -2.27. The van der Waals surface area contributed by atoms with E-state index in [9.17, 15) is 0 Å². The van der Waals surface area contributed by atoms with Crippen LogP contribution in [-0.4, -0.2) is 29.1 Å². The standard InChI is InChI=1S/C16H24N4O/c1-2-11-7-8-20(10-11)16-13(15(17)19-21)9-12-5-3-4-6-14(12)18-16/h9,11,21H,2-8,10H2,1H3,(H2,17,19). The molecule has 0 spiro atoms. The van der Waals surface area contributed by atoms with Crippen molar-refractivity contribution in [3.05, 3.63) is 22.9 Å². The van der Waals surface area contributed by atoms with Gasteiger partial charge in [0, 0.05) is 18.8 Å². The number of fused-ring (bicyclic) bond motifs is 1.